The molecule has 1 heterocycles. The first kappa shape index (κ1) is 17.4. The van der Waals surface area contributed by atoms with Gasteiger partial charge in [-0.1, -0.05) is 12.1 Å². The third kappa shape index (κ3) is 2.98. The first-order valence-electron chi connectivity index (χ1n) is 7.98. The van der Waals surface area contributed by atoms with Crippen molar-refractivity contribution in [1.29, 1.82) is 0 Å². The van der Waals surface area contributed by atoms with Gasteiger partial charge in [0, 0.05) is 42.9 Å². The molecule has 1 aliphatic rings. The lowest BCUT2D eigenvalue weighted by atomic mass is 10.1. The normalized spacial score (nSPS) is 13.5. The summed E-state index contributed by atoms with van der Waals surface area (Å²) in [6.45, 7) is 4.06. The number of carbonyl (C=O) groups is 2. The summed E-state index contributed by atoms with van der Waals surface area (Å²) >= 11 is 0. The monoisotopic (exact) mass is 361 g/mol. The fourth-order valence-corrected chi connectivity index (χ4v) is 4.30. The summed E-state index contributed by atoms with van der Waals surface area (Å²) in [6, 6.07) is 8.29. The number of rotatable bonds is 6. The van der Waals surface area contributed by atoms with Gasteiger partial charge in [-0.3, -0.25) is 9.59 Å². The van der Waals surface area contributed by atoms with Crippen LogP contribution in [-0.2, 0) is 14.8 Å². The van der Waals surface area contributed by atoms with Gasteiger partial charge in [0.25, 0.3) is 5.91 Å². The van der Waals surface area contributed by atoms with Crippen molar-refractivity contribution in [3.8, 4) is 0 Å². The summed E-state index contributed by atoms with van der Waals surface area (Å²) in [6.07, 6.45) is 0. The highest BCUT2D eigenvalue weighted by molar-refractivity contribution is 7.89. The maximum atomic E-state index is 12.6. The molecule has 0 fully saturated rings. The minimum atomic E-state index is -3.76. The zero-order valence-electron chi connectivity index (χ0n) is 14.0. The summed E-state index contributed by atoms with van der Waals surface area (Å²) in [5, 5.41) is 3.72. The summed E-state index contributed by atoms with van der Waals surface area (Å²) in [5.41, 5.74) is 1.25. The van der Waals surface area contributed by atoms with E-state index in [1.54, 1.807) is 29.2 Å². The molecule has 2 aromatic carbocycles. The number of hydrogen-bond donors (Lipinski definition) is 2. The molecule has 0 bridgehead atoms. The molecule has 2 aromatic rings. The fraction of sp³-hybridized carbons (Fsp3) is 0.294. The Balaban J connectivity index is 2.01. The Bertz CT molecular complexity index is 969. The molecule has 3 rings (SSSR count). The van der Waals surface area contributed by atoms with E-state index in [1.807, 2.05) is 6.92 Å². The van der Waals surface area contributed by atoms with E-state index in [0.29, 0.717) is 22.9 Å². The third-order valence-corrected chi connectivity index (χ3v) is 5.66. The largest absolute Gasteiger partial charge is 0.355 e. The standard InChI is InChI=1S/C17H19N3O4S/c1-3-20-14-7-8-15(25(23,24)19-10-9-18-11(2)21)12-5-4-6-13(16(12)14)17(20)22/h4-8,19H,3,9-10H2,1-2H3,(H,18,21). The number of carbonyl (C=O) groups excluding carboxylic acids is 2. The van der Waals surface area contributed by atoms with Crippen molar-refractivity contribution in [2.24, 2.45) is 0 Å². The number of anilines is 1. The quantitative estimate of drug-likeness (QED) is 0.757. The van der Waals surface area contributed by atoms with Gasteiger partial charge < -0.3 is 10.2 Å². The molecule has 0 radical (unpaired) electrons. The van der Waals surface area contributed by atoms with Crippen molar-refractivity contribution in [3.63, 3.8) is 0 Å². The highest BCUT2D eigenvalue weighted by Gasteiger charge is 2.31. The molecule has 2 N–H and O–H groups in total. The number of amides is 2. The summed E-state index contributed by atoms with van der Waals surface area (Å²) in [4.78, 5) is 25.1. The Hall–Kier alpha value is -2.45. The summed E-state index contributed by atoms with van der Waals surface area (Å²) in [5.74, 6) is -0.334. The van der Waals surface area contributed by atoms with E-state index in [4.69, 9.17) is 0 Å². The van der Waals surface area contributed by atoms with E-state index < -0.39 is 10.0 Å². The second-order valence-electron chi connectivity index (χ2n) is 5.74. The van der Waals surface area contributed by atoms with Crippen molar-refractivity contribution in [3.05, 3.63) is 35.9 Å². The summed E-state index contributed by atoms with van der Waals surface area (Å²) in [7, 11) is -3.76. The Morgan fingerprint density at radius 2 is 1.92 bits per heavy atom. The molecule has 0 aromatic heterocycles. The smallest absolute Gasteiger partial charge is 0.258 e. The van der Waals surface area contributed by atoms with Crippen LogP contribution in [0.4, 0.5) is 5.69 Å². The van der Waals surface area contributed by atoms with Gasteiger partial charge in [-0.05, 0) is 25.1 Å². The highest BCUT2D eigenvalue weighted by Crippen LogP contribution is 2.39. The van der Waals surface area contributed by atoms with Gasteiger partial charge in [0.1, 0.15) is 0 Å². The molecular formula is C17H19N3O4S. The lowest BCUT2D eigenvalue weighted by Gasteiger charge is -2.15. The molecule has 8 heteroatoms. The van der Waals surface area contributed by atoms with E-state index in [9.17, 15) is 18.0 Å². The third-order valence-electron chi connectivity index (χ3n) is 4.14. The maximum absolute atomic E-state index is 12.6. The molecule has 0 spiro atoms. The van der Waals surface area contributed by atoms with E-state index in [2.05, 4.69) is 10.0 Å². The second kappa shape index (κ2) is 6.45. The van der Waals surface area contributed by atoms with Gasteiger partial charge in [0.15, 0.2) is 0 Å². The van der Waals surface area contributed by atoms with Crippen LogP contribution in [0.2, 0.25) is 0 Å². The van der Waals surface area contributed by atoms with Gasteiger partial charge in [-0.2, -0.15) is 0 Å². The van der Waals surface area contributed by atoms with Crippen molar-refractivity contribution < 1.29 is 18.0 Å². The van der Waals surface area contributed by atoms with E-state index in [0.717, 1.165) is 5.69 Å². The number of sulfonamides is 1. The van der Waals surface area contributed by atoms with Gasteiger partial charge in [-0.15, -0.1) is 0 Å². The Kier molecular flexibility index (Phi) is 4.49. The average molecular weight is 361 g/mol. The zero-order chi connectivity index (χ0) is 18.2. The van der Waals surface area contributed by atoms with Crippen LogP contribution in [0.1, 0.15) is 24.2 Å². The van der Waals surface area contributed by atoms with Crippen molar-refractivity contribution in [2.75, 3.05) is 24.5 Å². The van der Waals surface area contributed by atoms with Crippen LogP contribution < -0.4 is 14.9 Å². The number of nitrogens with zero attached hydrogens (tertiary/aromatic N) is 1. The van der Waals surface area contributed by atoms with Gasteiger partial charge in [0.05, 0.1) is 10.6 Å². The van der Waals surface area contributed by atoms with Crippen LogP contribution >= 0.6 is 0 Å². The Labute approximate surface area is 146 Å². The van der Waals surface area contributed by atoms with Crippen molar-refractivity contribution in [2.45, 2.75) is 18.7 Å². The Morgan fingerprint density at radius 3 is 2.60 bits per heavy atom. The van der Waals surface area contributed by atoms with Crippen molar-refractivity contribution >= 4 is 38.3 Å². The van der Waals surface area contributed by atoms with Crippen LogP contribution in [-0.4, -0.2) is 39.9 Å². The predicted molar refractivity (Wildman–Crippen MR) is 95.2 cm³/mol. The number of hydrogen-bond acceptors (Lipinski definition) is 4. The van der Waals surface area contributed by atoms with Crippen LogP contribution in [0.5, 0.6) is 0 Å². The fourth-order valence-electron chi connectivity index (χ4n) is 3.07. The predicted octanol–water partition coefficient (Wildman–Crippen LogP) is 1.23. The summed E-state index contributed by atoms with van der Waals surface area (Å²) < 4.78 is 27.8. The average Bonchev–Trinajstić information content (AvgIpc) is 2.85. The van der Waals surface area contributed by atoms with Gasteiger partial charge in [-0.25, -0.2) is 13.1 Å². The molecule has 0 saturated heterocycles. The Morgan fingerprint density at radius 1 is 1.16 bits per heavy atom. The number of benzene rings is 2. The van der Waals surface area contributed by atoms with Crippen LogP contribution in [0.3, 0.4) is 0 Å². The highest BCUT2D eigenvalue weighted by atomic mass is 32.2. The molecule has 0 aliphatic carbocycles. The molecule has 1 aliphatic heterocycles. The maximum Gasteiger partial charge on any atom is 0.258 e. The molecule has 0 saturated carbocycles. The topological polar surface area (TPSA) is 95.6 Å². The first-order chi connectivity index (χ1) is 11.9. The second-order valence-corrected chi connectivity index (χ2v) is 7.48. The lowest BCUT2D eigenvalue weighted by molar-refractivity contribution is -0.118. The zero-order valence-corrected chi connectivity index (χ0v) is 14.8. The minimum Gasteiger partial charge on any atom is -0.355 e. The van der Waals surface area contributed by atoms with Crippen LogP contribution in [0.15, 0.2) is 35.2 Å². The molecule has 132 valence electrons. The van der Waals surface area contributed by atoms with Crippen LogP contribution in [0.25, 0.3) is 10.8 Å². The molecule has 7 nitrogen and oxygen atoms in total. The molecular weight excluding hydrogens is 342 g/mol. The molecule has 0 atom stereocenters. The SMILES string of the molecule is CCN1C(=O)c2cccc3c(S(=O)(=O)NCCNC(C)=O)ccc1c23. The minimum absolute atomic E-state index is 0.0882. The molecule has 2 amide bonds. The van der Waals surface area contributed by atoms with E-state index >= 15 is 0 Å². The molecule has 25 heavy (non-hydrogen) atoms. The molecule has 0 unspecified atom stereocenters. The van der Waals surface area contributed by atoms with Crippen LogP contribution in [0, 0.1) is 0 Å². The first-order valence-corrected chi connectivity index (χ1v) is 9.47. The van der Waals surface area contributed by atoms with E-state index in [1.165, 1.54) is 13.0 Å². The van der Waals surface area contributed by atoms with E-state index in [-0.39, 0.29) is 29.8 Å². The van der Waals surface area contributed by atoms with Gasteiger partial charge in [0.2, 0.25) is 15.9 Å². The van der Waals surface area contributed by atoms with Crippen molar-refractivity contribution in [1.82, 2.24) is 10.0 Å². The number of nitrogens with one attached hydrogen (secondary N) is 2. The van der Waals surface area contributed by atoms with Gasteiger partial charge >= 0.3 is 0 Å². The lowest BCUT2D eigenvalue weighted by Crippen LogP contribution is -2.33.